The molecule has 1 unspecified atom stereocenters. The Morgan fingerprint density at radius 2 is 1.83 bits per heavy atom. The third-order valence-electron chi connectivity index (χ3n) is 5.14. The lowest BCUT2D eigenvalue weighted by atomic mass is 9.97. The second-order valence-electron chi connectivity index (χ2n) is 7.06. The summed E-state index contributed by atoms with van der Waals surface area (Å²) in [6.07, 6.45) is 5.24. The van der Waals surface area contributed by atoms with Crippen molar-refractivity contribution in [3.05, 3.63) is 34.9 Å². The molecule has 0 spiro atoms. The molecule has 0 radical (unpaired) electrons. The molecule has 6 heteroatoms. The maximum Gasteiger partial charge on any atom is 0.280 e. The molecule has 24 heavy (non-hydrogen) atoms. The van der Waals surface area contributed by atoms with Gasteiger partial charge in [-0.3, -0.25) is 4.79 Å². The lowest BCUT2D eigenvalue weighted by Crippen LogP contribution is -2.49. The molecule has 1 N–H and O–H groups in total. The Labute approximate surface area is 144 Å². The van der Waals surface area contributed by atoms with Crippen molar-refractivity contribution in [1.82, 2.24) is 9.03 Å². The first-order valence-corrected chi connectivity index (χ1v) is 10.2. The quantitative estimate of drug-likeness (QED) is 0.830. The summed E-state index contributed by atoms with van der Waals surface area (Å²) in [6.45, 7) is 4.27. The van der Waals surface area contributed by atoms with E-state index >= 15 is 0 Å². The summed E-state index contributed by atoms with van der Waals surface area (Å²) in [5.41, 5.74) is 2.56. The van der Waals surface area contributed by atoms with Crippen LogP contribution in [0.15, 0.2) is 18.2 Å². The van der Waals surface area contributed by atoms with Crippen molar-refractivity contribution in [2.45, 2.75) is 64.5 Å². The smallest absolute Gasteiger partial charge is 0.280 e. The van der Waals surface area contributed by atoms with Crippen LogP contribution in [-0.4, -0.2) is 37.1 Å². The first kappa shape index (κ1) is 17.6. The molecule has 0 aromatic heterocycles. The number of hydrogen-bond donors (Lipinski definition) is 1. The van der Waals surface area contributed by atoms with Crippen molar-refractivity contribution in [3.8, 4) is 0 Å². The predicted molar refractivity (Wildman–Crippen MR) is 94.3 cm³/mol. The zero-order chi connectivity index (χ0) is 17.3. The number of nitrogens with one attached hydrogen (secondary N) is 1. The third kappa shape index (κ3) is 3.55. The van der Waals surface area contributed by atoms with Gasteiger partial charge in [0.1, 0.15) is 0 Å². The van der Waals surface area contributed by atoms with Gasteiger partial charge < -0.3 is 0 Å². The van der Waals surface area contributed by atoms with Gasteiger partial charge in [-0.15, -0.1) is 0 Å². The zero-order valence-corrected chi connectivity index (χ0v) is 15.2. The fraction of sp³-hybridized carbons (Fsp3) is 0.611. The number of benzene rings is 1. The maximum atomic E-state index is 13.0. The molecule has 1 aromatic carbocycles. The van der Waals surface area contributed by atoms with Gasteiger partial charge in [0, 0.05) is 18.2 Å². The largest absolute Gasteiger partial charge is 0.292 e. The molecule has 1 atom stereocenters. The van der Waals surface area contributed by atoms with E-state index in [1.807, 2.05) is 32.0 Å². The summed E-state index contributed by atoms with van der Waals surface area (Å²) in [6, 6.07) is 5.20. The van der Waals surface area contributed by atoms with Gasteiger partial charge >= 0.3 is 0 Å². The van der Waals surface area contributed by atoms with E-state index < -0.39 is 16.3 Å². The molecule has 0 bridgehead atoms. The summed E-state index contributed by atoms with van der Waals surface area (Å²) >= 11 is 0. The number of rotatable bonds is 5. The van der Waals surface area contributed by atoms with Gasteiger partial charge in [0.25, 0.3) is 10.2 Å². The minimum atomic E-state index is -3.61. The van der Waals surface area contributed by atoms with Crippen LogP contribution in [0.3, 0.4) is 0 Å². The number of aryl methyl sites for hydroxylation is 2. The number of nitrogens with zero attached hydrogens (tertiary/aromatic N) is 1. The van der Waals surface area contributed by atoms with Crippen LogP contribution < -0.4 is 4.72 Å². The zero-order valence-electron chi connectivity index (χ0n) is 14.4. The van der Waals surface area contributed by atoms with Gasteiger partial charge in [-0.25, -0.2) is 0 Å². The Morgan fingerprint density at radius 1 is 1.12 bits per heavy atom. The second kappa shape index (κ2) is 6.94. The van der Waals surface area contributed by atoms with Crippen LogP contribution in [0.4, 0.5) is 0 Å². The van der Waals surface area contributed by atoms with E-state index in [2.05, 4.69) is 4.72 Å². The van der Waals surface area contributed by atoms with Gasteiger partial charge in [0.15, 0.2) is 5.78 Å². The maximum absolute atomic E-state index is 13.0. The summed E-state index contributed by atoms with van der Waals surface area (Å²) in [5.74, 6) is -0.0782. The normalized spacial score (nSPS) is 23.0. The van der Waals surface area contributed by atoms with Crippen LogP contribution in [0.1, 0.15) is 60.0 Å². The van der Waals surface area contributed by atoms with Crippen molar-refractivity contribution in [3.63, 3.8) is 0 Å². The number of carbonyl (C=O) groups is 1. The highest BCUT2D eigenvalue weighted by Crippen LogP contribution is 2.27. The monoisotopic (exact) mass is 350 g/mol. The Kier molecular flexibility index (Phi) is 5.08. The molecule has 1 heterocycles. The lowest BCUT2D eigenvalue weighted by Gasteiger charge is -2.25. The number of carbonyl (C=O) groups excluding carboxylic acids is 1. The molecule has 2 fully saturated rings. The standard InChI is InChI=1S/C18H26N2O3S/c1-13-9-10-14(2)16(12-13)18(21)17-8-5-11-20(17)24(22,23)19-15-6-3-4-7-15/h9-10,12,15,17,19H,3-8,11H2,1-2H3. The SMILES string of the molecule is Cc1ccc(C)c(C(=O)C2CCCN2S(=O)(=O)NC2CCCC2)c1. The van der Waals surface area contributed by atoms with Crippen molar-refractivity contribution in [2.75, 3.05) is 6.54 Å². The van der Waals surface area contributed by atoms with Gasteiger partial charge in [-0.05, 0) is 51.2 Å². The van der Waals surface area contributed by atoms with E-state index in [0.29, 0.717) is 18.5 Å². The Bertz CT molecular complexity index is 724. The highest BCUT2D eigenvalue weighted by Gasteiger charge is 2.40. The van der Waals surface area contributed by atoms with Crippen LogP contribution in [0.2, 0.25) is 0 Å². The molecule has 0 amide bonds. The average Bonchev–Trinajstić information content (AvgIpc) is 3.20. The molecule has 1 saturated carbocycles. The van der Waals surface area contributed by atoms with Crippen LogP contribution in [0, 0.1) is 13.8 Å². The van der Waals surface area contributed by atoms with Crippen molar-refractivity contribution < 1.29 is 13.2 Å². The topological polar surface area (TPSA) is 66.5 Å². The van der Waals surface area contributed by atoms with Gasteiger partial charge in [-0.1, -0.05) is 30.5 Å². The molecule has 132 valence electrons. The van der Waals surface area contributed by atoms with Crippen LogP contribution in [0.5, 0.6) is 0 Å². The Hall–Kier alpha value is -1.24. The minimum absolute atomic E-state index is 0.0204. The summed E-state index contributed by atoms with van der Waals surface area (Å²) in [4.78, 5) is 13.0. The van der Waals surface area contributed by atoms with Gasteiger partial charge in [-0.2, -0.15) is 17.4 Å². The lowest BCUT2D eigenvalue weighted by molar-refractivity contribution is 0.0916. The molecule has 2 aliphatic rings. The van der Waals surface area contributed by atoms with Gasteiger partial charge in [0.2, 0.25) is 0 Å². The molecule has 1 aliphatic carbocycles. The summed E-state index contributed by atoms with van der Waals surface area (Å²) in [5, 5.41) is 0. The molecular formula is C18H26N2O3S. The third-order valence-corrected chi connectivity index (χ3v) is 6.83. The fourth-order valence-corrected chi connectivity index (χ4v) is 5.49. The molecule has 3 rings (SSSR count). The number of ketones is 1. The molecule has 1 aliphatic heterocycles. The van der Waals surface area contributed by atoms with E-state index in [4.69, 9.17) is 0 Å². The molecule has 5 nitrogen and oxygen atoms in total. The Balaban J connectivity index is 1.81. The first-order valence-electron chi connectivity index (χ1n) is 8.79. The van der Waals surface area contributed by atoms with Crippen LogP contribution in [-0.2, 0) is 10.2 Å². The number of Topliss-reactive ketones (excluding diaryl/α,β-unsaturated/α-hetero) is 1. The average molecular weight is 350 g/mol. The van der Waals surface area contributed by atoms with E-state index in [1.165, 1.54) is 4.31 Å². The minimum Gasteiger partial charge on any atom is -0.292 e. The Morgan fingerprint density at radius 3 is 2.54 bits per heavy atom. The van der Waals surface area contributed by atoms with Gasteiger partial charge in [0.05, 0.1) is 6.04 Å². The molecular weight excluding hydrogens is 324 g/mol. The predicted octanol–water partition coefficient (Wildman–Crippen LogP) is 2.73. The highest BCUT2D eigenvalue weighted by atomic mass is 32.2. The second-order valence-corrected chi connectivity index (χ2v) is 8.71. The molecule has 1 saturated heterocycles. The summed E-state index contributed by atoms with van der Waals surface area (Å²) in [7, 11) is -3.61. The first-order chi connectivity index (χ1) is 11.4. The number of hydrogen-bond acceptors (Lipinski definition) is 3. The van der Waals surface area contributed by atoms with E-state index in [-0.39, 0.29) is 11.8 Å². The van der Waals surface area contributed by atoms with Crippen molar-refractivity contribution in [1.29, 1.82) is 0 Å². The highest BCUT2D eigenvalue weighted by molar-refractivity contribution is 7.87. The van der Waals surface area contributed by atoms with Crippen LogP contribution >= 0.6 is 0 Å². The van der Waals surface area contributed by atoms with E-state index in [1.54, 1.807) is 0 Å². The van der Waals surface area contributed by atoms with E-state index in [0.717, 1.165) is 43.2 Å². The van der Waals surface area contributed by atoms with E-state index in [9.17, 15) is 13.2 Å². The summed E-state index contributed by atoms with van der Waals surface area (Å²) < 4.78 is 29.7. The molecule has 1 aromatic rings. The fourth-order valence-electron chi connectivity index (χ4n) is 3.79. The van der Waals surface area contributed by atoms with Crippen molar-refractivity contribution in [2.24, 2.45) is 0 Å². The van der Waals surface area contributed by atoms with Crippen molar-refractivity contribution >= 4 is 16.0 Å². The van der Waals surface area contributed by atoms with Crippen LogP contribution in [0.25, 0.3) is 0 Å².